The number of aryl methyl sites for hydroxylation is 2. The molecule has 0 aliphatic rings. The number of nitrogens with zero attached hydrogens (tertiary/aromatic N) is 1. The van der Waals surface area contributed by atoms with Crippen molar-refractivity contribution in [2.75, 3.05) is 0 Å². The third-order valence-electron chi connectivity index (χ3n) is 3.05. The fraction of sp³-hybridized carbons (Fsp3) is 0.714. The van der Waals surface area contributed by atoms with Gasteiger partial charge < -0.3 is 10.1 Å². The standard InChI is InChI=1S/C14H24N2O2/c1-2-3-4-5-6-7-8-13-15-11-12(16-13)9-10-14(17)18/h11H,2-10H2,1H3,(H,15,16)(H,17,18). The lowest BCUT2D eigenvalue weighted by atomic mass is 10.1. The van der Waals surface area contributed by atoms with Crippen LogP contribution in [-0.2, 0) is 17.6 Å². The summed E-state index contributed by atoms with van der Waals surface area (Å²) in [6.45, 7) is 2.22. The maximum atomic E-state index is 10.4. The summed E-state index contributed by atoms with van der Waals surface area (Å²) in [5.74, 6) is 0.223. The van der Waals surface area contributed by atoms with Gasteiger partial charge in [-0.15, -0.1) is 0 Å². The summed E-state index contributed by atoms with van der Waals surface area (Å²) >= 11 is 0. The molecule has 4 heteroatoms. The maximum absolute atomic E-state index is 10.4. The number of unbranched alkanes of at least 4 members (excludes halogenated alkanes) is 5. The zero-order valence-corrected chi connectivity index (χ0v) is 11.2. The lowest BCUT2D eigenvalue weighted by Crippen LogP contribution is -1.97. The van der Waals surface area contributed by atoms with Crippen molar-refractivity contribution in [3.63, 3.8) is 0 Å². The van der Waals surface area contributed by atoms with Gasteiger partial charge in [-0.3, -0.25) is 4.79 Å². The molecule has 1 aromatic rings. The van der Waals surface area contributed by atoms with E-state index in [2.05, 4.69) is 16.9 Å². The van der Waals surface area contributed by atoms with Crippen LogP contribution in [0.4, 0.5) is 0 Å². The quantitative estimate of drug-likeness (QED) is 0.628. The molecule has 2 N–H and O–H groups in total. The molecule has 1 heterocycles. The molecule has 1 rings (SSSR count). The van der Waals surface area contributed by atoms with Crippen LogP contribution in [0.3, 0.4) is 0 Å². The minimum atomic E-state index is -0.768. The molecule has 0 amide bonds. The van der Waals surface area contributed by atoms with Crippen LogP contribution in [0.25, 0.3) is 0 Å². The van der Waals surface area contributed by atoms with Crippen molar-refractivity contribution < 1.29 is 9.90 Å². The van der Waals surface area contributed by atoms with Crippen molar-refractivity contribution in [1.29, 1.82) is 0 Å². The summed E-state index contributed by atoms with van der Waals surface area (Å²) in [6, 6.07) is 0. The SMILES string of the molecule is CCCCCCCCc1nc(CCC(=O)O)c[nH]1. The summed E-state index contributed by atoms with van der Waals surface area (Å²) in [7, 11) is 0. The predicted octanol–water partition coefficient (Wildman–Crippen LogP) is 3.33. The van der Waals surface area contributed by atoms with Crippen LogP contribution >= 0.6 is 0 Å². The van der Waals surface area contributed by atoms with Gasteiger partial charge in [-0.25, -0.2) is 4.98 Å². The smallest absolute Gasteiger partial charge is 0.303 e. The van der Waals surface area contributed by atoms with E-state index in [4.69, 9.17) is 5.11 Å². The number of imidazole rings is 1. The third-order valence-corrected chi connectivity index (χ3v) is 3.05. The van der Waals surface area contributed by atoms with E-state index in [-0.39, 0.29) is 6.42 Å². The fourth-order valence-electron chi connectivity index (χ4n) is 1.97. The molecule has 0 atom stereocenters. The molecule has 0 aliphatic heterocycles. The number of aliphatic carboxylic acids is 1. The molecule has 102 valence electrons. The highest BCUT2D eigenvalue weighted by molar-refractivity contribution is 5.66. The van der Waals surface area contributed by atoms with Crippen LogP contribution in [0.5, 0.6) is 0 Å². The molecular weight excluding hydrogens is 228 g/mol. The molecular formula is C14H24N2O2. The number of aromatic nitrogens is 2. The van der Waals surface area contributed by atoms with Crippen LogP contribution in [0.2, 0.25) is 0 Å². The van der Waals surface area contributed by atoms with Gasteiger partial charge in [0.1, 0.15) is 5.82 Å². The van der Waals surface area contributed by atoms with Crippen LogP contribution < -0.4 is 0 Å². The van der Waals surface area contributed by atoms with Gasteiger partial charge in [-0.1, -0.05) is 39.0 Å². The molecule has 0 unspecified atom stereocenters. The van der Waals surface area contributed by atoms with Crippen LogP contribution in [0, 0.1) is 0 Å². The Hall–Kier alpha value is -1.32. The average Bonchev–Trinajstić information content (AvgIpc) is 2.79. The third kappa shape index (κ3) is 6.42. The largest absolute Gasteiger partial charge is 0.481 e. The Kier molecular flexibility index (Phi) is 7.14. The first-order chi connectivity index (χ1) is 8.72. The van der Waals surface area contributed by atoms with E-state index < -0.39 is 5.97 Å². The Bertz CT molecular complexity index is 347. The van der Waals surface area contributed by atoms with Gasteiger partial charge in [0.2, 0.25) is 0 Å². The topological polar surface area (TPSA) is 66.0 Å². The monoisotopic (exact) mass is 252 g/mol. The van der Waals surface area contributed by atoms with Gasteiger partial charge in [0.25, 0.3) is 0 Å². The lowest BCUT2D eigenvalue weighted by molar-refractivity contribution is -0.136. The van der Waals surface area contributed by atoms with Crippen LogP contribution in [0.1, 0.15) is 63.4 Å². The molecule has 0 saturated heterocycles. The first-order valence-electron chi connectivity index (χ1n) is 6.97. The van der Waals surface area contributed by atoms with Gasteiger partial charge in [-0.05, 0) is 6.42 Å². The van der Waals surface area contributed by atoms with Gasteiger partial charge >= 0.3 is 5.97 Å². The van der Waals surface area contributed by atoms with E-state index in [0.717, 1.165) is 24.4 Å². The summed E-state index contributed by atoms with van der Waals surface area (Å²) in [4.78, 5) is 18.0. The van der Waals surface area contributed by atoms with Crippen molar-refractivity contribution >= 4 is 5.97 Å². The highest BCUT2D eigenvalue weighted by Gasteiger charge is 2.03. The van der Waals surface area contributed by atoms with E-state index in [0.29, 0.717) is 6.42 Å². The zero-order valence-electron chi connectivity index (χ0n) is 11.2. The number of nitrogens with one attached hydrogen (secondary N) is 1. The number of carbonyl (C=O) groups is 1. The first-order valence-corrected chi connectivity index (χ1v) is 6.97. The summed E-state index contributed by atoms with van der Waals surface area (Å²) in [6.07, 6.45) is 11.1. The number of H-pyrrole nitrogens is 1. The molecule has 0 aromatic carbocycles. The van der Waals surface area contributed by atoms with Crippen molar-refractivity contribution in [2.45, 2.75) is 64.7 Å². The van der Waals surface area contributed by atoms with E-state index >= 15 is 0 Å². The normalized spacial score (nSPS) is 10.7. The second-order valence-electron chi connectivity index (χ2n) is 4.75. The molecule has 4 nitrogen and oxygen atoms in total. The van der Waals surface area contributed by atoms with Crippen LogP contribution in [0.15, 0.2) is 6.20 Å². The minimum Gasteiger partial charge on any atom is -0.481 e. The number of carboxylic acid groups (broad SMARTS) is 1. The fourth-order valence-corrected chi connectivity index (χ4v) is 1.97. The number of rotatable bonds is 10. The van der Waals surface area contributed by atoms with Gasteiger partial charge in [-0.2, -0.15) is 0 Å². The second-order valence-corrected chi connectivity index (χ2v) is 4.75. The summed E-state index contributed by atoms with van der Waals surface area (Å²) < 4.78 is 0. The molecule has 0 radical (unpaired) electrons. The minimum absolute atomic E-state index is 0.154. The highest BCUT2D eigenvalue weighted by atomic mass is 16.4. The van der Waals surface area contributed by atoms with Crippen molar-refractivity contribution in [2.24, 2.45) is 0 Å². The Morgan fingerprint density at radius 2 is 1.94 bits per heavy atom. The van der Waals surface area contributed by atoms with E-state index in [1.807, 2.05) is 6.20 Å². The van der Waals surface area contributed by atoms with Crippen molar-refractivity contribution in [3.8, 4) is 0 Å². The van der Waals surface area contributed by atoms with Crippen molar-refractivity contribution in [3.05, 3.63) is 17.7 Å². The maximum Gasteiger partial charge on any atom is 0.303 e. The van der Waals surface area contributed by atoms with Gasteiger partial charge in [0.15, 0.2) is 0 Å². The number of hydrogen-bond acceptors (Lipinski definition) is 2. The predicted molar refractivity (Wildman–Crippen MR) is 71.6 cm³/mol. The van der Waals surface area contributed by atoms with Gasteiger partial charge in [0.05, 0.1) is 12.1 Å². The highest BCUT2D eigenvalue weighted by Crippen LogP contribution is 2.08. The zero-order chi connectivity index (χ0) is 13.2. The number of hydrogen-bond donors (Lipinski definition) is 2. The number of aromatic amines is 1. The Morgan fingerprint density at radius 1 is 1.22 bits per heavy atom. The summed E-state index contributed by atoms with van der Waals surface area (Å²) in [5.41, 5.74) is 0.860. The van der Waals surface area contributed by atoms with E-state index in [1.165, 1.54) is 32.1 Å². The van der Waals surface area contributed by atoms with E-state index in [1.54, 1.807) is 0 Å². The summed E-state index contributed by atoms with van der Waals surface area (Å²) in [5, 5.41) is 8.59. The lowest BCUT2D eigenvalue weighted by Gasteiger charge is -1.98. The first kappa shape index (κ1) is 14.7. The van der Waals surface area contributed by atoms with Crippen LogP contribution in [-0.4, -0.2) is 21.0 Å². The van der Waals surface area contributed by atoms with Crippen molar-refractivity contribution in [1.82, 2.24) is 9.97 Å². The molecule has 0 saturated carbocycles. The average molecular weight is 252 g/mol. The van der Waals surface area contributed by atoms with Gasteiger partial charge in [0, 0.05) is 19.0 Å². The molecule has 0 fully saturated rings. The Balaban J connectivity index is 2.13. The molecule has 0 bridgehead atoms. The number of carboxylic acids is 1. The molecule has 0 aliphatic carbocycles. The van der Waals surface area contributed by atoms with E-state index in [9.17, 15) is 4.79 Å². The second kappa shape index (κ2) is 8.72. The molecule has 0 spiro atoms. The molecule has 18 heavy (non-hydrogen) atoms. The Morgan fingerprint density at radius 3 is 2.67 bits per heavy atom. The Labute approximate surface area is 109 Å². The molecule has 1 aromatic heterocycles.